The molecule has 0 aliphatic carbocycles. The van der Waals surface area contributed by atoms with Crippen LogP contribution in [0.5, 0.6) is 0 Å². The van der Waals surface area contributed by atoms with Gasteiger partial charge in [-0.3, -0.25) is 23.7 Å². The molecule has 300 valence electrons. The number of hydrogen-bond donors (Lipinski definition) is 2. The molecule has 3 aliphatic rings. The van der Waals surface area contributed by atoms with Crippen molar-refractivity contribution in [2.45, 2.75) is 77.8 Å². The molecule has 3 fully saturated rings. The maximum absolute atomic E-state index is 14.7. The molecule has 2 unspecified atom stereocenters. The van der Waals surface area contributed by atoms with Crippen LogP contribution >= 0.6 is 7.37 Å². The average molecular weight is 787 g/mol. The van der Waals surface area contributed by atoms with E-state index in [0.717, 1.165) is 12.8 Å². The van der Waals surface area contributed by atoms with Crippen molar-refractivity contribution in [3.8, 4) is 11.4 Å². The Morgan fingerprint density at radius 1 is 1.00 bits per heavy atom. The Bertz CT molecular complexity index is 1760. The number of benzene rings is 1. The van der Waals surface area contributed by atoms with Gasteiger partial charge in [0.1, 0.15) is 11.5 Å². The summed E-state index contributed by atoms with van der Waals surface area (Å²) in [6.45, 7) is 7.68. The molecule has 3 saturated heterocycles. The highest BCUT2D eigenvalue weighted by atomic mass is 31.2. The zero-order valence-electron chi connectivity index (χ0n) is 32.1. The number of ether oxygens (including phenoxy) is 4. The fourth-order valence-corrected chi connectivity index (χ4v) is 8.57. The second-order valence-corrected chi connectivity index (χ2v) is 17.0. The Hall–Kier alpha value is -4.44. The molecule has 0 spiro atoms. The Morgan fingerprint density at radius 2 is 1.69 bits per heavy atom. The summed E-state index contributed by atoms with van der Waals surface area (Å²) in [5.74, 6) is -3.91. The molecule has 0 bridgehead atoms. The topological polar surface area (TPSA) is 205 Å². The molecule has 1 aromatic carbocycles. The van der Waals surface area contributed by atoms with Crippen molar-refractivity contribution in [2.24, 2.45) is 11.8 Å². The number of Topliss-reactive ketones (excluding diaryl/α,β-unsaturated/α-hetero) is 1. The number of piperazine rings is 1. The number of carbonyl (C=O) groups is 5. The van der Waals surface area contributed by atoms with E-state index in [1.165, 1.54) is 11.0 Å². The van der Waals surface area contributed by atoms with E-state index in [4.69, 9.17) is 28.5 Å². The predicted octanol–water partition coefficient (Wildman–Crippen LogP) is 3.56. The summed E-state index contributed by atoms with van der Waals surface area (Å²) in [6.07, 6.45) is 1.05. The molecule has 3 aliphatic heterocycles. The normalized spacial score (nSPS) is 23.5. The van der Waals surface area contributed by atoms with Crippen LogP contribution in [0.2, 0.25) is 0 Å². The quantitative estimate of drug-likeness (QED) is 0.108. The van der Waals surface area contributed by atoms with E-state index in [2.05, 4.69) is 15.6 Å². The molecule has 0 radical (unpaired) electrons. The van der Waals surface area contributed by atoms with Crippen LogP contribution in [0.25, 0.3) is 11.4 Å². The second-order valence-electron chi connectivity index (χ2n) is 14.4. The third kappa shape index (κ3) is 9.87. The number of nitrogens with one attached hydrogen (secondary N) is 2. The van der Waals surface area contributed by atoms with E-state index in [1.807, 2.05) is 30.0 Å². The molecule has 4 atom stereocenters. The number of nitrogens with zero attached hydrogens (tertiary/aromatic N) is 4. The van der Waals surface area contributed by atoms with Gasteiger partial charge in [0.25, 0.3) is 5.91 Å². The van der Waals surface area contributed by atoms with Crippen LogP contribution in [0.3, 0.4) is 0 Å². The molecule has 1 aromatic heterocycles. The van der Waals surface area contributed by atoms with Gasteiger partial charge in [0.05, 0.1) is 36.8 Å². The lowest BCUT2D eigenvalue weighted by Gasteiger charge is -2.34. The molecule has 2 amide bonds. The summed E-state index contributed by atoms with van der Waals surface area (Å²) < 4.78 is 42.0. The number of unbranched alkanes of at least 4 members (excludes halogenated alkanes) is 1. The highest BCUT2D eigenvalue weighted by molar-refractivity contribution is 7.70. The van der Waals surface area contributed by atoms with Gasteiger partial charge in [-0.05, 0) is 12.8 Å². The molecule has 17 nitrogen and oxygen atoms in total. The summed E-state index contributed by atoms with van der Waals surface area (Å²) in [5.41, 5.74) is 0.508. The van der Waals surface area contributed by atoms with Crippen molar-refractivity contribution >= 4 is 42.9 Å². The van der Waals surface area contributed by atoms with Gasteiger partial charge in [-0.15, -0.1) is 0 Å². The van der Waals surface area contributed by atoms with Gasteiger partial charge in [0.15, 0.2) is 16.9 Å². The molecular formula is C37H51N6O11P. The van der Waals surface area contributed by atoms with Gasteiger partial charge in [-0.1, -0.05) is 71.4 Å². The minimum Gasteiger partial charge on any atom is -0.449 e. The smallest absolute Gasteiger partial charge is 0.409 e. The third-order valence-corrected chi connectivity index (χ3v) is 12.2. The highest BCUT2D eigenvalue weighted by Gasteiger charge is 2.75. The van der Waals surface area contributed by atoms with Gasteiger partial charge in [0, 0.05) is 51.5 Å². The van der Waals surface area contributed by atoms with Crippen molar-refractivity contribution in [3.05, 3.63) is 42.1 Å². The molecule has 18 heteroatoms. The second kappa shape index (κ2) is 18.0. The van der Waals surface area contributed by atoms with Crippen LogP contribution in [-0.4, -0.2) is 121 Å². The summed E-state index contributed by atoms with van der Waals surface area (Å²) in [6, 6.07) is 9.41. The van der Waals surface area contributed by atoms with Crippen molar-refractivity contribution < 1.29 is 52.0 Å². The van der Waals surface area contributed by atoms with E-state index >= 15 is 0 Å². The highest BCUT2D eigenvalue weighted by Crippen LogP contribution is 2.76. The van der Waals surface area contributed by atoms with Crippen molar-refractivity contribution in [1.29, 1.82) is 0 Å². The maximum Gasteiger partial charge on any atom is 0.409 e. The monoisotopic (exact) mass is 786 g/mol. The molecule has 4 heterocycles. The lowest BCUT2D eigenvalue weighted by atomic mass is 10.0. The lowest BCUT2D eigenvalue weighted by molar-refractivity contribution is -0.238. The number of anilines is 1. The lowest BCUT2D eigenvalue weighted by Crippen LogP contribution is -2.61. The summed E-state index contributed by atoms with van der Waals surface area (Å²) in [7, 11) is -2.72. The maximum atomic E-state index is 14.7. The Balaban J connectivity index is 1.49. The number of rotatable bonds is 16. The molecule has 5 rings (SSSR count). The first-order valence-corrected chi connectivity index (χ1v) is 20.4. The van der Waals surface area contributed by atoms with Crippen LogP contribution in [0.15, 0.2) is 36.4 Å². The Kier molecular flexibility index (Phi) is 13.7. The van der Waals surface area contributed by atoms with Crippen molar-refractivity contribution in [3.63, 3.8) is 0 Å². The molecule has 2 N–H and O–H groups in total. The number of esters is 2. The summed E-state index contributed by atoms with van der Waals surface area (Å²) in [4.78, 5) is 79.7. The van der Waals surface area contributed by atoms with Crippen LogP contribution < -0.4 is 15.5 Å². The van der Waals surface area contributed by atoms with Gasteiger partial charge < -0.3 is 39.4 Å². The first-order chi connectivity index (χ1) is 26.2. The van der Waals surface area contributed by atoms with E-state index in [9.17, 15) is 28.5 Å². The SMILES string of the molecule is CCCCOC(=O)N1CCNC(C(=O)[C@]2(NC(=O)c3cc(N4CC[C@H](OC)C4)nc(-c4ccccc4)n3)CP2(=O)OC(OC(=O)C(C)C)OC(=O)C(C)C)C1. The predicted molar refractivity (Wildman–Crippen MR) is 199 cm³/mol. The first kappa shape index (κ1) is 41.7. The van der Waals surface area contributed by atoms with E-state index in [0.29, 0.717) is 30.9 Å². The van der Waals surface area contributed by atoms with Gasteiger partial charge in [0.2, 0.25) is 7.37 Å². The molecular weight excluding hydrogens is 735 g/mol. The third-order valence-electron chi connectivity index (χ3n) is 9.52. The minimum absolute atomic E-state index is 0.0446. The number of carbonyl (C=O) groups excluding carboxylic acids is 5. The first-order valence-electron chi connectivity index (χ1n) is 18.6. The summed E-state index contributed by atoms with van der Waals surface area (Å²) in [5, 5.41) is 3.54. The van der Waals surface area contributed by atoms with Gasteiger partial charge in [-0.2, -0.15) is 0 Å². The fourth-order valence-electron chi connectivity index (χ4n) is 6.08. The standard InChI is InChI=1S/C37H51N6O11P/c1-7-8-18-51-35(48)43-17-15-38-28(21-43)30(44)37(22-55(37,49)54-36(52-33(46)23(2)3)53-34(47)24(4)5)41-32(45)27-19-29(42-16-14-26(20-42)50-6)40-31(39-27)25-12-10-9-11-13-25/h9-13,19,23-24,26,28,36,38H,7-8,14-18,20-22H2,1-6H3,(H,41,45)/t26-,28?,37-,55?/m0/s1. The van der Waals surface area contributed by atoms with Crippen molar-refractivity contribution in [1.82, 2.24) is 25.5 Å². The zero-order valence-corrected chi connectivity index (χ0v) is 33.0. The summed E-state index contributed by atoms with van der Waals surface area (Å²) >= 11 is 0. The van der Waals surface area contributed by atoms with E-state index in [1.54, 1.807) is 46.9 Å². The van der Waals surface area contributed by atoms with Crippen LogP contribution in [0, 0.1) is 11.8 Å². The van der Waals surface area contributed by atoms with E-state index in [-0.39, 0.29) is 43.9 Å². The largest absolute Gasteiger partial charge is 0.449 e. The number of amides is 2. The molecule has 0 saturated carbocycles. The zero-order chi connectivity index (χ0) is 39.9. The molecule has 55 heavy (non-hydrogen) atoms. The van der Waals surface area contributed by atoms with Gasteiger partial charge in [-0.25, -0.2) is 19.3 Å². The fraction of sp³-hybridized carbons (Fsp3) is 0.595. The number of methoxy groups -OCH3 is 1. The van der Waals surface area contributed by atoms with Crippen LogP contribution in [0.1, 0.15) is 64.4 Å². The minimum atomic E-state index is -4.34. The number of aromatic nitrogens is 2. The number of hydrogen-bond acceptors (Lipinski definition) is 15. The van der Waals surface area contributed by atoms with Gasteiger partial charge >= 0.3 is 24.5 Å². The van der Waals surface area contributed by atoms with E-state index < -0.39 is 72.9 Å². The Morgan fingerprint density at radius 3 is 2.31 bits per heavy atom. The van der Waals surface area contributed by atoms with Crippen molar-refractivity contribution in [2.75, 3.05) is 57.5 Å². The van der Waals surface area contributed by atoms with Crippen LogP contribution in [0.4, 0.5) is 10.6 Å². The average Bonchev–Trinajstić information content (AvgIpc) is 3.48. The molecule has 2 aromatic rings. The number of ketones is 1. The van der Waals surface area contributed by atoms with Crippen LogP contribution in [-0.2, 0) is 42.4 Å². The Labute approximate surface area is 320 Å².